The highest BCUT2D eigenvalue weighted by atomic mass is 32.1. The van der Waals surface area contributed by atoms with E-state index in [1.807, 2.05) is 26.2 Å². The van der Waals surface area contributed by atoms with Gasteiger partial charge in [-0.05, 0) is 27.2 Å². The Morgan fingerprint density at radius 1 is 1.43 bits per heavy atom. The van der Waals surface area contributed by atoms with Gasteiger partial charge < -0.3 is 4.90 Å². The van der Waals surface area contributed by atoms with E-state index in [2.05, 4.69) is 22.2 Å². The van der Waals surface area contributed by atoms with Crippen molar-refractivity contribution in [3.05, 3.63) is 26.7 Å². The molecule has 2 heterocycles. The van der Waals surface area contributed by atoms with Crippen LogP contribution >= 0.6 is 22.7 Å². The van der Waals surface area contributed by atoms with Gasteiger partial charge >= 0.3 is 6.03 Å². The van der Waals surface area contributed by atoms with Crippen LogP contribution in [0.5, 0.6) is 0 Å². The van der Waals surface area contributed by atoms with E-state index in [4.69, 9.17) is 0 Å². The maximum Gasteiger partial charge on any atom is 0.323 e. The molecule has 0 aliphatic carbocycles. The number of aryl methyl sites for hydroxylation is 3. The minimum Gasteiger partial charge on any atom is -0.320 e. The Morgan fingerprint density at radius 2 is 2.14 bits per heavy atom. The summed E-state index contributed by atoms with van der Waals surface area (Å²) in [6, 6.07) is -0.161. The number of anilines is 1. The second kappa shape index (κ2) is 6.53. The van der Waals surface area contributed by atoms with E-state index >= 15 is 0 Å². The highest BCUT2D eigenvalue weighted by molar-refractivity contribution is 7.14. The van der Waals surface area contributed by atoms with Crippen molar-refractivity contribution in [3.8, 4) is 0 Å². The summed E-state index contributed by atoms with van der Waals surface area (Å²) in [4.78, 5) is 23.9. The van der Waals surface area contributed by atoms with Crippen LogP contribution in [-0.4, -0.2) is 27.9 Å². The summed E-state index contributed by atoms with van der Waals surface area (Å²) in [5, 5.41) is 6.49. The van der Waals surface area contributed by atoms with Crippen LogP contribution in [0.1, 0.15) is 41.2 Å². The van der Waals surface area contributed by atoms with Gasteiger partial charge in [0.1, 0.15) is 0 Å². The zero-order valence-electron chi connectivity index (χ0n) is 12.9. The van der Waals surface area contributed by atoms with E-state index in [0.29, 0.717) is 5.13 Å². The number of amides is 2. The monoisotopic (exact) mass is 324 g/mol. The molecule has 2 amide bonds. The molecule has 1 unspecified atom stereocenters. The standard InChI is InChI=1S/C14H20N4OS2/c1-6-11-16-9(3)12(21-11)10(4)18(5)14(19)17-13-15-8(2)7-20-13/h7,10H,6H2,1-5H3,(H,15,17,19). The molecule has 5 nitrogen and oxygen atoms in total. The molecule has 0 fully saturated rings. The molecule has 21 heavy (non-hydrogen) atoms. The summed E-state index contributed by atoms with van der Waals surface area (Å²) < 4.78 is 0. The number of nitrogens with one attached hydrogen (secondary N) is 1. The largest absolute Gasteiger partial charge is 0.323 e. The maximum absolute atomic E-state index is 12.3. The number of rotatable bonds is 4. The second-order valence-electron chi connectivity index (χ2n) is 4.92. The Hall–Kier alpha value is -1.47. The lowest BCUT2D eigenvalue weighted by molar-refractivity contribution is 0.209. The van der Waals surface area contributed by atoms with Gasteiger partial charge in [-0.25, -0.2) is 14.8 Å². The van der Waals surface area contributed by atoms with Crippen LogP contribution in [0.25, 0.3) is 0 Å². The Labute approximate surface area is 133 Å². The highest BCUT2D eigenvalue weighted by Crippen LogP contribution is 2.29. The van der Waals surface area contributed by atoms with Gasteiger partial charge in [-0.1, -0.05) is 6.92 Å². The first-order valence-electron chi connectivity index (χ1n) is 6.84. The predicted octanol–water partition coefficient (Wildman–Crippen LogP) is 4.00. The molecule has 2 rings (SSSR count). The Morgan fingerprint density at radius 3 is 2.67 bits per heavy atom. The molecule has 0 saturated heterocycles. The van der Waals surface area contributed by atoms with Gasteiger partial charge in [0.15, 0.2) is 5.13 Å². The number of urea groups is 1. The van der Waals surface area contributed by atoms with Crippen LogP contribution in [0.3, 0.4) is 0 Å². The molecule has 114 valence electrons. The third kappa shape index (κ3) is 3.59. The Bertz CT molecular complexity index is 635. The summed E-state index contributed by atoms with van der Waals surface area (Å²) in [5.74, 6) is 0. The van der Waals surface area contributed by atoms with Crippen molar-refractivity contribution in [1.82, 2.24) is 14.9 Å². The van der Waals surface area contributed by atoms with Gasteiger partial charge in [0.25, 0.3) is 0 Å². The lowest BCUT2D eigenvalue weighted by Gasteiger charge is -2.24. The normalized spacial score (nSPS) is 12.2. The molecule has 0 bridgehead atoms. The lowest BCUT2D eigenvalue weighted by Crippen LogP contribution is -2.33. The molecule has 7 heteroatoms. The first-order chi connectivity index (χ1) is 9.92. The fourth-order valence-corrected chi connectivity index (χ4v) is 3.73. The summed E-state index contributed by atoms with van der Waals surface area (Å²) in [6.07, 6.45) is 0.923. The van der Waals surface area contributed by atoms with Crippen molar-refractivity contribution < 1.29 is 4.79 Å². The second-order valence-corrected chi connectivity index (χ2v) is 6.90. The van der Waals surface area contributed by atoms with Crippen molar-refractivity contribution in [3.63, 3.8) is 0 Å². The topological polar surface area (TPSA) is 58.1 Å². The number of hydrogen-bond donors (Lipinski definition) is 1. The van der Waals surface area contributed by atoms with Crippen molar-refractivity contribution in [2.75, 3.05) is 12.4 Å². The molecule has 0 saturated carbocycles. The fourth-order valence-electron chi connectivity index (χ4n) is 1.95. The number of hydrogen-bond acceptors (Lipinski definition) is 5. The van der Waals surface area contributed by atoms with E-state index in [1.165, 1.54) is 11.3 Å². The van der Waals surface area contributed by atoms with Crippen LogP contribution in [-0.2, 0) is 6.42 Å². The van der Waals surface area contributed by atoms with E-state index in [-0.39, 0.29) is 12.1 Å². The van der Waals surface area contributed by atoms with E-state index in [9.17, 15) is 4.79 Å². The fraction of sp³-hybridized carbons (Fsp3) is 0.500. The number of thiazole rings is 2. The Kier molecular flexibility index (Phi) is 4.95. The number of carbonyl (C=O) groups is 1. The smallest absolute Gasteiger partial charge is 0.320 e. The molecule has 0 radical (unpaired) electrons. The minimum absolute atomic E-state index is 0.0103. The van der Waals surface area contributed by atoms with Gasteiger partial charge in [-0.3, -0.25) is 5.32 Å². The van der Waals surface area contributed by atoms with Crippen LogP contribution in [0.2, 0.25) is 0 Å². The van der Waals surface area contributed by atoms with Gasteiger partial charge in [-0.15, -0.1) is 22.7 Å². The predicted molar refractivity (Wildman–Crippen MR) is 88.3 cm³/mol. The van der Waals surface area contributed by atoms with E-state index in [0.717, 1.165) is 27.7 Å². The molecule has 2 aromatic heterocycles. The lowest BCUT2D eigenvalue weighted by atomic mass is 10.2. The molecular formula is C14H20N4OS2. The van der Waals surface area contributed by atoms with Crippen molar-refractivity contribution in [2.24, 2.45) is 0 Å². The van der Waals surface area contributed by atoms with Crippen molar-refractivity contribution >= 4 is 33.8 Å². The molecule has 0 aliphatic rings. The average molecular weight is 324 g/mol. The van der Waals surface area contributed by atoms with Crippen LogP contribution in [0, 0.1) is 13.8 Å². The SMILES string of the molecule is CCc1nc(C)c(C(C)N(C)C(=O)Nc2nc(C)cs2)s1. The average Bonchev–Trinajstić information content (AvgIpc) is 3.03. The summed E-state index contributed by atoms with van der Waals surface area (Å²) >= 11 is 3.11. The molecule has 0 aromatic carbocycles. The summed E-state index contributed by atoms with van der Waals surface area (Å²) in [6.45, 7) is 8.02. The molecule has 0 aliphatic heterocycles. The first-order valence-corrected chi connectivity index (χ1v) is 8.54. The number of nitrogens with zero attached hydrogens (tertiary/aromatic N) is 3. The Balaban J connectivity index is 2.08. The van der Waals surface area contributed by atoms with Crippen molar-refractivity contribution in [2.45, 2.75) is 40.2 Å². The summed E-state index contributed by atoms with van der Waals surface area (Å²) in [5.41, 5.74) is 1.92. The number of aromatic nitrogens is 2. The van der Waals surface area contributed by atoms with E-state index in [1.54, 1.807) is 23.3 Å². The van der Waals surface area contributed by atoms with Crippen LogP contribution < -0.4 is 5.32 Å². The molecule has 2 aromatic rings. The third-order valence-corrected chi connectivity index (χ3v) is 5.64. The van der Waals surface area contributed by atoms with Gasteiger partial charge in [-0.2, -0.15) is 0 Å². The molecule has 0 spiro atoms. The first kappa shape index (κ1) is 15.9. The van der Waals surface area contributed by atoms with Crippen LogP contribution in [0.15, 0.2) is 5.38 Å². The third-order valence-electron chi connectivity index (χ3n) is 3.29. The van der Waals surface area contributed by atoms with Gasteiger partial charge in [0.05, 0.1) is 22.4 Å². The minimum atomic E-state index is -0.150. The zero-order valence-corrected chi connectivity index (χ0v) is 14.6. The van der Waals surface area contributed by atoms with Gasteiger partial charge in [0, 0.05) is 17.3 Å². The molecule has 1 atom stereocenters. The highest BCUT2D eigenvalue weighted by Gasteiger charge is 2.22. The molecular weight excluding hydrogens is 304 g/mol. The van der Waals surface area contributed by atoms with Crippen LogP contribution in [0.4, 0.5) is 9.93 Å². The van der Waals surface area contributed by atoms with E-state index < -0.39 is 0 Å². The number of carbonyl (C=O) groups excluding carboxylic acids is 1. The van der Waals surface area contributed by atoms with Gasteiger partial charge in [0.2, 0.25) is 0 Å². The summed E-state index contributed by atoms with van der Waals surface area (Å²) in [7, 11) is 1.80. The maximum atomic E-state index is 12.3. The molecule has 1 N–H and O–H groups in total. The zero-order chi connectivity index (χ0) is 15.6. The quantitative estimate of drug-likeness (QED) is 0.924. The van der Waals surface area contributed by atoms with Crippen molar-refractivity contribution in [1.29, 1.82) is 0 Å².